The molecule has 0 heterocycles. The average molecular weight is 182 g/mol. The Morgan fingerprint density at radius 1 is 1.54 bits per heavy atom. The monoisotopic (exact) mass is 182 g/mol. The summed E-state index contributed by atoms with van der Waals surface area (Å²) in [5.41, 5.74) is 0.266. The van der Waals surface area contributed by atoms with Gasteiger partial charge in [0.05, 0.1) is 12.7 Å². The first-order valence-corrected chi connectivity index (χ1v) is 3.70. The van der Waals surface area contributed by atoms with Crippen molar-refractivity contribution in [2.75, 3.05) is 13.7 Å². The van der Waals surface area contributed by atoms with Gasteiger partial charge in [0, 0.05) is 6.07 Å². The van der Waals surface area contributed by atoms with Crippen LogP contribution in [-0.2, 0) is 0 Å². The SMILES string of the molecule is COc1cc(O)ccc1C(=O)CO. The molecular weight excluding hydrogens is 172 g/mol. The smallest absolute Gasteiger partial charge is 0.191 e. The second kappa shape index (κ2) is 3.91. The molecule has 0 fully saturated rings. The summed E-state index contributed by atoms with van der Waals surface area (Å²) in [5, 5.41) is 17.7. The van der Waals surface area contributed by atoms with Gasteiger partial charge in [0.1, 0.15) is 18.1 Å². The van der Waals surface area contributed by atoms with Crippen LogP contribution in [0, 0.1) is 0 Å². The van der Waals surface area contributed by atoms with Crippen LogP contribution in [0.2, 0.25) is 0 Å². The molecule has 1 aromatic rings. The van der Waals surface area contributed by atoms with Crippen LogP contribution in [0.4, 0.5) is 0 Å². The number of hydrogen-bond donors (Lipinski definition) is 2. The molecule has 4 heteroatoms. The van der Waals surface area contributed by atoms with Crippen LogP contribution in [-0.4, -0.2) is 29.7 Å². The molecule has 0 bridgehead atoms. The number of methoxy groups -OCH3 is 1. The molecule has 0 unspecified atom stereocenters. The molecule has 0 amide bonds. The Morgan fingerprint density at radius 2 is 2.23 bits per heavy atom. The van der Waals surface area contributed by atoms with E-state index in [1.807, 2.05) is 0 Å². The molecule has 0 atom stereocenters. The zero-order valence-corrected chi connectivity index (χ0v) is 7.15. The van der Waals surface area contributed by atoms with Crippen LogP contribution in [0.3, 0.4) is 0 Å². The highest BCUT2D eigenvalue weighted by Crippen LogP contribution is 2.23. The van der Waals surface area contributed by atoms with Gasteiger partial charge in [-0.25, -0.2) is 0 Å². The van der Waals surface area contributed by atoms with Gasteiger partial charge in [-0.15, -0.1) is 0 Å². The van der Waals surface area contributed by atoms with Crippen molar-refractivity contribution >= 4 is 5.78 Å². The van der Waals surface area contributed by atoms with E-state index in [1.54, 1.807) is 0 Å². The number of aliphatic hydroxyl groups excluding tert-OH is 1. The molecule has 0 saturated carbocycles. The highest BCUT2D eigenvalue weighted by Gasteiger charge is 2.10. The third kappa shape index (κ3) is 1.97. The fraction of sp³-hybridized carbons (Fsp3) is 0.222. The first-order valence-electron chi connectivity index (χ1n) is 3.70. The van der Waals surface area contributed by atoms with E-state index in [-0.39, 0.29) is 17.1 Å². The summed E-state index contributed by atoms with van der Waals surface area (Å²) in [7, 11) is 1.39. The lowest BCUT2D eigenvalue weighted by atomic mass is 10.1. The first-order chi connectivity index (χ1) is 6.19. The van der Waals surface area contributed by atoms with E-state index in [2.05, 4.69) is 0 Å². The van der Waals surface area contributed by atoms with E-state index in [0.29, 0.717) is 0 Å². The number of ether oxygens (including phenoxy) is 1. The lowest BCUT2D eigenvalue weighted by molar-refractivity contribution is 0.0900. The van der Waals surface area contributed by atoms with E-state index >= 15 is 0 Å². The summed E-state index contributed by atoms with van der Waals surface area (Å²) < 4.78 is 4.86. The maximum absolute atomic E-state index is 11.1. The molecule has 0 aliphatic carbocycles. The van der Waals surface area contributed by atoms with Gasteiger partial charge in [-0.05, 0) is 12.1 Å². The van der Waals surface area contributed by atoms with E-state index in [1.165, 1.54) is 25.3 Å². The molecule has 1 rings (SSSR count). The van der Waals surface area contributed by atoms with Gasteiger partial charge < -0.3 is 14.9 Å². The number of aromatic hydroxyl groups is 1. The largest absolute Gasteiger partial charge is 0.508 e. The molecular formula is C9H10O4. The number of carbonyl (C=O) groups excluding carboxylic acids is 1. The minimum atomic E-state index is -0.568. The summed E-state index contributed by atoms with van der Waals surface area (Å²) in [6.45, 7) is -0.568. The van der Waals surface area contributed by atoms with Gasteiger partial charge in [0.15, 0.2) is 5.78 Å². The predicted molar refractivity (Wildman–Crippen MR) is 46.1 cm³/mol. The maximum Gasteiger partial charge on any atom is 0.191 e. The van der Waals surface area contributed by atoms with Crippen molar-refractivity contribution in [2.45, 2.75) is 0 Å². The van der Waals surface area contributed by atoms with Crippen molar-refractivity contribution in [3.8, 4) is 11.5 Å². The number of ketones is 1. The standard InChI is InChI=1S/C9H10O4/c1-13-9-4-6(11)2-3-7(9)8(12)5-10/h2-4,10-11H,5H2,1H3. The molecule has 0 radical (unpaired) electrons. The summed E-state index contributed by atoms with van der Waals surface area (Å²) in [5.74, 6) is -0.151. The van der Waals surface area contributed by atoms with E-state index < -0.39 is 12.4 Å². The Hall–Kier alpha value is -1.55. The molecule has 4 nitrogen and oxygen atoms in total. The Labute approximate surface area is 75.4 Å². The maximum atomic E-state index is 11.1. The van der Waals surface area contributed by atoms with Crippen LogP contribution in [0.5, 0.6) is 11.5 Å². The van der Waals surface area contributed by atoms with Gasteiger partial charge in [-0.1, -0.05) is 0 Å². The number of rotatable bonds is 3. The number of hydrogen-bond acceptors (Lipinski definition) is 4. The zero-order valence-electron chi connectivity index (χ0n) is 7.15. The third-order valence-corrected chi connectivity index (χ3v) is 1.63. The Bertz CT molecular complexity index is 319. The Morgan fingerprint density at radius 3 is 2.77 bits per heavy atom. The lowest BCUT2D eigenvalue weighted by Crippen LogP contribution is -2.06. The second-order valence-electron chi connectivity index (χ2n) is 2.47. The molecule has 0 aromatic heterocycles. The summed E-state index contributed by atoms with van der Waals surface area (Å²) in [6.07, 6.45) is 0. The summed E-state index contributed by atoms with van der Waals surface area (Å²) in [6, 6.07) is 4.10. The van der Waals surface area contributed by atoms with Gasteiger partial charge in [-0.3, -0.25) is 4.79 Å². The second-order valence-corrected chi connectivity index (χ2v) is 2.47. The van der Waals surface area contributed by atoms with E-state index in [9.17, 15) is 4.79 Å². The van der Waals surface area contributed by atoms with Crippen molar-refractivity contribution in [1.82, 2.24) is 0 Å². The number of benzene rings is 1. The molecule has 0 aliphatic rings. The number of Topliss-reactive ketones (excluding diaryl/α,β-unsaturated/α-hetero) is 1. The van der Waals surface area contributed by atoms with Crippen molar-refractivity contribution in [2.24, 2.45) is 0 Å². The quantitative estimate of drug-likeness (QED) is 0.671. The topological polar surface area (TPSA) is 66.8 Å². The van der Waals surface area contributed by atoms with Crippen molar-refractivity contribution in [3.05, 3.63) is 23.8 Å². The number of aliphatic hydroxyl groups is 1. The third-order valence-electron chi connectivity index (χ3n) is 1.63. The molecule has 0 spiro atoms. The minimum absolute atomic E-state index is 0.0198. The molecule has 70 valence electrons. The number of carbonyl (C=O) groups is 1. The summed E-state index contributed by atoms with van der Waals surface area (Å²) in [4.78, 5) is 11.1. The fourth-order valence-corrected chi connectivity index (χ4v) is 0.995. The molecule has 0 saturated heterocycles. The van der Waals surface area contributed by atoms with Gasteiger partial charge in [-0.2, -0.15) is 0 Å². The van der Waals surface area contributed by atoms with Gasteiger partial charge >= 0.3 is 0 Å². The van der Waals surface area contributed by atoms with Gasteiger partial charge in [0.2, 0.25) is 0 Å². The lowest BCUT2D eigenvalue weighted by Gasteiger charge is -2.05. The number of phenolic OH excluding ortho intramolecular Hbond substituents is 1. The normalized spacial score (nSPS) is 9.69. The van der Waals surface area contributed by atoms with Crippen molar-refractivity contribution in [1.29, 1.82) is 0 Å². The van der Waals surface area contributed by atoms with Crippen LogP contribution >= 0.6 is 0 Å². The van der Waals surface area contributed by atoms with Gasteiger partial charge in [0.25, 0.3) is 0 Å². The molecule has 13 heavy (non-hydrogen) atoms. The van der Waals surface area contributed by atoms with E-state index in [0.717, 1.165) is 0 Å². The molecule has 2 N–H and O–H groups in total. The van der Waals surface area contributed by atoms with Crippen molar-refractivity contribution < 1.29 is 19.7 Å². The van der Waals surface area contributed by atoms with Crippen molar-refractivity contribution in [3.63, 3.8) is 0 Å². The van der Waals surface area contributed by atoms with E-state index in [4.69, 9.17) is 14.9 Å². The first kappa shape index (κ1) is 9.54. The summed E-state index contributed by atoms with van der Waals surface area (Å²) >= 11 is 0. The minimum Gasteiger partial charge on any atom is -0.508 e. The van der Waals surface area contributed by atoms with Crippen LogP contribution in [0.15, 0.2) is 18.2 Å². The predicted octanol–water partition coefficient (Wildman–Crippen LogP) is 0.576. The van der Waals surface area contributed by atoms with Crippen LogP contribution < -0.4 is 4.74 Å². The zero-order chi connectivity index (χ0) is 9.84. The highest BCUT2D eigenvalue weighted by molar-refractivity contribution is 5.99. The van der Waals surface area contributed by atoms with Crippen LogP contribution in [0.1, 0.15) is 10.4 Å². The average Bonchev–Trinajstić information content (AvgIpc) is 2.16. The number of phenols is 1. The molecule has 0 aliphatic heterocycles. The molecule has 1 aromatic carbocycles. The van der Waals surface area contributed by atoms with Crippen LogP contribution in [0.25, 0.3) is 0 Å². The fourth-order valence-electron chi connectivity index (χ4n) is 0.995. The Balaban J connectivity index is 3.13. The Kier molecular flexibility index (Phi) is 2.87. The highest BCUT2D eigenvalue weighted by atomic mass is 16.5.